The Balaban J connectivity index is 1.84. The van der Waals surface area contributed by atoms with Crippen LogP contribution in [0.15, 0.2) is 30.5 Å². The summed E-state index contributed by atoms with van der Waals surface area (Å²) in [6.45, 7) is 8.33. The molecule has 0 aliphatic heterocycles. The number of ether oxygens (including phenoxy) is 1. The molecule has 0 unspecified atom stereocenters. The van der Waals surface area contributed by atoms with Gasteiger partial charge in [0.25, 0.3) is 0 Å². The third-order valence-electron chi connectivity index (χ3n) is 4.51. The summed E-state index contributed by atoms with van der Waals surface area (Å²) in [5.74, 6) is 6.94. The van der Waals surface area contributed by atoms with E-state index in [0.29, 0.717) is 48.8 Å². The van der Waals surface area contributed by atoms with Crippen molar-refractivity contribution in [1.29, 1.82) is 5.26 Å². The maximum Gasteiger partial charge on any atom is 0.410 e. The number of rotatable bonds is 9. The standard InChI is InChI=1S/C26H33N7O3/c1-6-28-23-20(17-30-24(32-23)31-21-13-11-19(16-27)12-14-21)10-8-7-9-15-29-22(34)18-33(5)25(35)36-26(2,3)4/h11-14,17H,6-7,9,15,18H2,1-5H3,(H,29,34)(H2,28,30,31,32). The van der Waals surface area contributed by atoms with Crippen molar-refractivity contribution in [3.63, 3.8) is 0 Å². The fourth-order valence-corrected chi connectivity index (χ4v) is 2.83. The minimum atomic E-state index is -0.611. The molecule has 1 aromatic heterocycles. The van der Waals surface area contributed by atoms with Crippen LogP contribution >= 0.6 is 0 Å². The van der Waals surface area contributed by atoms with Crippen LogP contribution in [0.1, 0.15) is 51.7 Å². The number of unbranched alkanes of at least 4 members (excludes halogenated alkanes) is 1. The van der Waals surface area contributed by atoms with Crippen LogP contribution in [0.2, 0.25) is 0 Å². The summed E-state index contributed by atoms with van der Waals surface area (Å²) in [6, 6.07) is 9.10. The molecular weight excluding hydrogens is 458 g/mol. The van der Waals surface area contributed by atoms with Gasteiger partial charge in [-0.25, -0.2) is 9.78 Å². The van der Waals surface area contributed by atoms with Gasteiger partial charge in [0, 0.05) is 32.2 Å². The van der Waals surface area contributed by atoms with Crippen LogP contribution < -0.4 is 16.0 Å². The first-order chi connectivity index (χ1) is 17.1. The monoisotopic (exact) mass is 491 g/mol. The largest absolute Gasteiger partial charge is 0.444 e. The van der Waals surface area contributed by atoms with Crippen molar-refractivity contribution in [1.82, 2.24) is 20.2 Å². The molecule has 1 heterocycles. The second-order valence-corrected chi connectivity index (χ2v) is 8.89. The molecule has 10 heteroatoms. The van der Waals surface area contributed by atoms with Gasteiger partial charge in [0.05, 0.1) is 23.4 Å². The topological polar surface area (TPSA) is 132 Å². The Kier molecular flexibility index (Phi) is 10.5. The van der Waals surface area contributed by atoms with Crippen LogP contribution in [-0.4, -0.2) is 59.2 Å². The highest BCUT2D eigenvalue weighted by atomic mass is 16.6. The molecule has 190 valence electrons. The van der Waals surface area contributed by atoms with Gasteiger partial charge in [-0.2, -0.15) is 10.2 Å². The summed E-state index contributed by atoms with van der Waals surface area (Å²) in [4.78, 5) is 34.1. The van der Waals surface area contributed by atoms with E-state index in [-0.39, 0.29) is 12.5 Å². The third-order valence-corrected chi connectivity index (χ3v) is 4.51. The Labute approximate surface area is 212 Å². The lowest BCUT2D eigenvalue weighted by Gasteiger charge is -2.24. The Morgan fingerprint density at radius 3 is 2.56 bits per heavy atom. The number of benzene rings is 1. The molecule has 2 amide bonds. The molecule has 2 aromatic rings. The second-order valence-electron chi connectivity index (χ2n) is 8.89. The first-order valence-electron chi connectivity index (χ1n) is 11.7. The highest BCUT2D eigenvalue weighted by molar-refractivity contribution is 5.82. The lowest BCUT2D eigenvalue weighted by molar-refractivity contribution is -0.122. The zero-order valence-corrected chi connectivity index (χ0v) is 21.4. The molecule has 0 aliphatic carbocycles. The number of nitriles is 1. The Hall–Kier alpha value is -4.31. The van der Waals surface area contributed by atoms with E-state index in [9.17, 15) is 9.59 Å². The van der Waals surface area contributed by atoms with Crippen LogP contribution in [0.3, 0.4) is 0 Å². The average molecular weight is 492 g/mol. The molecule has 0 atom stereocenters. The Morgan fingerprint density at radius 2 is 1.92 bits per heavy atom. The van der Waals surface area contributed by atoms with Gasteiger partial charge >= 0.3 is 6.09 Å². The molecule has 3 N–H and O–H groups in total. The molecule has 1 aromatic carbocycles. The van der Waals surface area contributed by atoms with Crippen LogP contribution in [0.25, 0.3) is 0 Å². The van der Waals surface area contributed by atoms with E-state index in [1.165, 1.54) is 11.9 Å². The van der Waals surface area contributed by atoms with Crippen molar-refractivity contribution in [2.24, 2.45) is 0 Å². The number of nitrogens with one attached hydrogen (secondary N) is 3. The van der Waals surface area contributed by atoms with Crippen LogP contribution in [0, 0.1) is 23.2 Å². The Morgan fingerprint density at radius 1 is 1.19 bits per heavy atom. The minimum absolute atomic E-state index is 0.0766. The maximum atomic E-state index is 12.0. The van der Waals surface area contributed by atoms with Crippen molar-refractivity contribution in [3.8, 4) is 17.9 Å². The third kappa shape index (κ3) is 9.90. The van der Waals surface area contributed by atoms with Gasteiger partial charge < -0.3 is 25.6 Å². The van der Waals surface area contributed by atoms with Crippen molar-refractivity contribution in [2.75, 3.05) is 37.3 Å². The van der Waals surface area contributed by atoms with Gasteiger partial charge in [-0.1, -0.05) is 11.8 Å². The van der Waals surface area contributed by atoms with Gasteiger partial charge in [0.2, 0.25) is 11.9 Å². The molecule has 0 saturated heterocycles. The van der Waals surface area contributed by atoms with Crippen molar-refractivity contribution >= 4 is 29.5 Å². The predicted molar refractivity (Wildman–Crippen MR) is 139 cm³/mol. The van der Waals surface area contributed by atoms with E-state index in [0.717, 1.165) is 5.69 Å². The quantitative estimate of drug-likeness (QED) is 0.358. The summed E-state index contributed by atoms with van der Waals surface area (Å²) in [7, 11) is 1.52. The van der Waals surface area contributed by atoms with E-state index in [1.54, 1.807) is 51.2 Å². The highest BCUT2D eigenvalue weighted by Gasteiger charge is 2.20. The van der Waals surface area contributed by atoms with E-state index < -0.39 is 11.7 Å². The summed E-state index contributed by atoms with van der Waals surface area (Å²) in [5, 5.41) is 18.0. The van der Waals surface area contributed by atoms with Crippen molar-refractivity contribution < 1.29 is 14.3 Å². The number of amides is 2. The molecule has 0 saturated carbocycles. The summed E-state index contributed by atoms with van der Waals surface area (Å²) < 4.78 is 5.23. The van der Waals surface area contributed by atoms with E-state index in [1.807, 2.05) is 6.92 Å². The first-order valence-corrected chi connectivity index (χ1v) is 11.7. The number of anilines is 3. The average Bonchev–Trinajstić information content (AvgIpc) is 2.82. The minimum Gasteiger partial charge on any atom is -0.444 e. The molecule has 0 bridgehead atoms. The summed E-state index contributed by atoms with van der Waals surface area (Å²) in [5.41, 5.74) is 1.41. The van der Waals surface area contributed by atoms with Crippen LogP contribution in [0.4, 0.5) is 22.2 Å². The number of carbonyl (C=O) groups is 2. The van der Waals surface area contributed by atoms with Gasteiger partial charge in [-0.15, -0.1) is 0 Å². The summed E-state index contributed by atoms with van der Waals surface area (Å²) >= 11 is 0. The molecule has 36 heavy (non-hydrogen) atoms. The molecular formula is C26H33N7O3. The number of nitrogens with zero attached hydrogens (tertiary/aromatic N) is 4. The smallest absolute Gasteiger partial charge is 0.410 e. The van der Waals surface area contributed by atoms with Gasteiger partial charge in [-0.3, -0.25) is 4.79 Å². The maximum absolute atomic E-state index is 12.0. The number of aromatic nitrogens is 2. The van der Waals surface area contributed by atoms with Crippen molar-refractivity contribution in [3.05, 3.63) is 41.6 Å². The van der Waals surface area contributed by atoms with Gasteiger partial charge in [-0.05, 0) is 58.4 Å². The van der Waals surface area contributed by atoms with E-state index in [4.69, 9.17) is 10.00 Å². The van der Waals surface area contributed by atoms with Gasteiger partial charge in [0.1, 0.15) is 18.0 Å². The van der Waals surface area contributed by atoms with Crippen molar-refractivity contribution in [2.45, 2.75) is 46.1 Å². The fourth-order valence-electron chi connectivity index (χ4n) is 2.83. The number of hydrogen-bond donors (Lipinski definition) is 3. The van der Waals surface area contributed by atoms with E-state index in [2.05, 4.69) is 43.8 Å². The normalized spacial score (nSPS) is 10.3. The molecule has 0 aliphatic rings. The molecule has 0 spiro atoms. The lowest BCUT2D eigenvalue weighted by Crippen LogP contribution is -2.41. The van der Waals surface area contributed by atoms with Crippen LogP contribution in [-0.2, 0) is 9.53 Å². The predicted octanol–water partition coefficient (Wildman–Crippen LogP) is 3.64. The van der Waals surface area contributed by atoms with E-state index >= 15 is 0 Å². The highest BCUT2D eigenvalue weighted by Crippen LogP contribution is 2.17. The number of likely N-dealkylation sites (N-methyl/N-ethyl adjacent to an activating group) is 1. The van der Waals surface area contributed by atoms with Crippen LogP contribution in [0.5, 0.6) is 0 Å². The summed E-state index contributed by atoms with van der Waals surface area (Å²) in [6.07, 6.45) is 2.34. The molecule has 2 rings (SSSR count). The first kappa shape index (κ1) is 27.9. The zero-order chi connectivity index (χ0) is 26.6. The number of hydrogen-bond acceptors (Lipinski definition) is 8. The molecule has 0 fully saturated rings. The molecule has 10 nitrogen and oxygen atoms in total. The fraction of sp³-hybridized carbons (Fsp3) is 0.423. The SMILES string of the molecule is CCNc1nc(Nc2ccc(C#N)cc2)ncc1C#CCCCNC(=O)CN(C)C(=O)OC(C)(C)C. The zero-order valence-electron chi connectivity index (χ0n) is 21.4. The van der Waals surface area contributed by atoms with Gasteiger partial charge in [0.15, 0.2) is 0 Å². The second kappa shape index (κ2) is 13.5. The lowest BCUT2D eigenvalue weighted by atomic mass is 10.2. The number of carbonyl (C=O) groups excluding carboxylic acids is 2. The Bertz CT molecular complexity index is 1140. The molecule has 0 radical (unpaired) electrons.